The van der Waals surface area contributed by atoms with Gasteiger partial charge in [-0.15, -0.1) is 0 Å². The highest BCUT2D eigenvalue weighted by atomic mass is 32.2. The summed E-state index contributed by atoms with van der Waals surface area (Å²) in [5.74, 6) is 0.545. The summed E-state index contributed by atoms with van der Waals surface area (Å²) in [4.78, 5) is 10.4. The molecule has 0 bridgehead atoms. The molecule has 122 valence electrons. The third-order valence-electron chi connectivity index (χ3n) is 3.03. The Hall–Kier alpha value is -2.81. The zero-order chi connectivity index (χ0) is 17.0. The maximum atomic E-state index is 12.4. The maximum absolute atomic E-state index is 12.4. The quantitative estimate of drug-likeness (QED) is 0.640. The van der Waals surface area contributed by atoms with Crippen molar-refractivity contribution in [3.8, 4) is 11.5 Å². The largest absolute Gasteiger partial charge is 0.497 e. The maximum Gasteiger partial charge on any atom is 0.297 e. The summed E-state index contributed by atoms with van der Waals surface area (Å²) < 4.78 is 37.0. The van der Waals surface area contributed by atoms with E-state index in [1.54, 1.807) is 0 Å². The molecule has 8 nitrogen and oxygen atoms in total. The van der Waals surface area contributed by atoms with Crippen LogP contribution in [0, 0.1) is 10.1 Å². The molecule has 0 heterocycles. The van der Waals surface area contributed by atoms with E-state index >= 15 is 0 Å². The minimum Gasteiger partial charge on any atom is -0.497 e. The Morgan fingerprint density at radius 2 is 1.70 bits per heavy atom. The van der Waals surface area contributed by atoms with E-state index in [2.05, 4.69) is 4.72 Å². The van der Waals surface area contributed by atoms with Crippen LogP contribution in [0.1, 0.15) is 0 Å². The number of para-hydroxylation sites is 1. The lowest BCUT2D eigenvalue weighted by molar-refractivity contribution is -0.383. The molecule has 2 aromatic rings. The summed E-state index contributed by atoms with van der Waals surface area (Å²) in [6.07, 6.45) is 0. The second-order valence-electron chi connectivity index (χ2n) is 4.39. The number of methoxy groups -OCH3 is 2. The van der Waals surface area contributed by atoms with Crippen molar-refractivity contribution in [2.75, 3.05) is 18.9 Å². The van der Waals surface area contributed by atoms with Gasteiger partial charge < -0.3 is 9.47 Å². The third-order valence-corrected chi connectivity index (χ3v) is 4.39. The Morgan fingerprint density at radius 3 is 2.22 bits per heavy atom. The van der Waals surface area contributed by atoms with Gasteiger partial charge in [0.15, 0.2) is 5.69 Å². The number of hydrogen-bond acceptors (Lipinski definition) is 6. The number of ether oxygens (including phenoxy) is 2. The standard InChI is InChI=1S/C14H14N2O6S/c1-21-10-6-8-11(9-7-10)23(19,20)15-14-12(16(17)18)4-3-5-13(14)22-2/h3-9,15H,1-2H3. The summed E-state index contributed by atoms with van der Waals surface area (Å²) in [5, 5.41) is 11.1. The molecule has 0 unspecified atom stereocenters. The predicted molar refractivity (Wildman–Crippen MR) is 83.5 cm³/mol. The van der Waals surface area contributed by atoms with Crippen LogP contribution in [-0.2, 0) is 10.0 Å². The van der Waals surface area contributed by atoms with Crippen molar-refractivity contribution in [3.05, 3.63) is 52.6 Å². The molecule has 0 amide bonds. The van der Waals surface area contributed by atoms with Gasteiger partial charge in [-0.05, 0) is 30.3 Å². The van der Waals surface area contributed by atoms with Gasteiger partial charge in [-0.3, -0.25) is 14.8 Å². The Kier molecular flexibility index (Phi) is 4.70. The fourth-order valence-corrected chi connectivity index (χ4v) is 2.98. The van der Waals surface area contributed by atoms with Gasteiger partial charge in [-0.2, -0.15) is 0 Å². The molecule has 0 saturated heterocycles. The summed E-state index contributed by atoms with van der Waals surface area (Å²) in [6, 6.07) is 9.65. The highest BCUT2D eigenvalue weighted by Gasteiger charge is 2.24. The van der Waals surface area contributed by atoms with Gasteiger partial charge in [0.25, 0.3) is 15.7 Å². The van der Waals surface area contributed by atoms with Crippen LogP contribution >= 0.6 is 0 Å². The first-order valence-corrected chi connectivity index (χ1v) is 7.85. The summed E-state index contributed by atoms with van der Waals surface area (Å²) in [5.41, 5.74) is -0.628. The van der Waals surface area contributed by atoms with Crippen LogP contribution in [-0.4, -0.2) is 27.6 Å². The van der Waals surface area contributed by atoms with Gasteiger partial charge in [0.2, 0.25) is 0 Å². The van der Waals surface area contributed by atoms with E-state index < -0.39 is 20.6 Å². The average molecular weight is 338 g/mol. The lowest BCUT2D eigenvalue weighted by atomic mass is 10.2. The zero-order valence-corrected chi connectivity index (χ0v) is 13.2. The first-order chi connectivity index (χ1) is 10.9. The molecule has 0 atom stereocenters. The van der Waals surface area contributed by atoms with Crippen LogP contribution in [0.3, 0.4) is 0 Å². The second kappa shape index (κ2) is 6.53. The molecule has 1 N–H and O–H groups in total. The lowest BCUT2D eigenvalue weighted by Crippen LogP contribution is -2.14. The van der Waals surface area contributed by atoms with Crippen molar-refractivity contribution in [1.82, 2.24) is 0 Å². The van der Waals surface area contributed by atoms with Crippen molar-refractivity contribution < 1.29 is 22.8 Å². The fourth-order valence-electron chi connectivity index (χ4n) is 1.89. The monoisotopic (exact) mass is 338 g/mol. The van der Waals surface area contributed by atoms with Crippen molar-refractivity contribution in [1.29, 1.82) is 0 Å². The highest BCUT2D eigenvalue weighted by Crippen LogP contribution is 2.35. The van der Waals surface area contributed by atoms with Crippen LogP contribution in [0.5, 0.6) is 11.5 Å². The minimum atomic E-state index is -4.02. The number of nitrogens with zero attached hydrogens (tertiary/aromatic N) is 1. The molecule has 9 heteroatoms. The SMILES string of the molecule is COc1ccc(S(=O)(=O)Nc2c(OC)cccc2[N+](=O)[O-])cc1. The van der Waals surface area contributed by atoms with Gasteiger partial charge in [0.05, 0.1) is 24.0 Å². The third kappa shape index (κ3) is 3.51. The first kappa shape index (κ1) is 16.6. The highest BCUT2D eigenvalue weighted by molar-refractivity contribution is 7.92. The number of anilines is 1. The molecule has 0 fully saturated rings. The number of hydrogen-bond donors (Lipinski definition) is 1. The van der Waals surface area contributed by atoms with Crippen molar-refractivity contribution in [3.63, 3.8) is 0 Å². The Labute approximate surface area is 132 Å². The molecule has 0 aliphatic carbocycles. The molecule has 0 radical (unpaired) electrons. The number of nitrogens with one attached hydrogen (secondary N) is 1. The topological polar surface area (TPSA) is 108 Å². The fraction of sp³-hybridized carbons (Fsp3) is 0.143. The number of benzene rings is 2. The molecular formula is C14H14N2O6S. The van der Waals surface area contributed by atoms with Gasteiger partial charge in [-0.1, -0.05) is 6.07 Å². The molecule has 0 spiro atoms. The summed E-state index contributed by atoms with van der Waals surface area (Å²) >= 11 is 0. The predicted octanol–water partition coefficient (Wildman–Crippen LogP) is 2.41. The van der Waals surface area contributed by atoms with E-state index in [9.17, 15) is 18.5 Å². The molecule has 0 aliphatic heterocycles. The molecule has 0 aromatic heterocycles. The summed E-state index contributed by atoms with van der Waals surface area (Å²) in [7, 11) is -1.26. The molecule has 0 aliphatic rings. The molecule has 2 rings (SSSR count). The van der Waals surface area contributed by atoms with Crippen molar-refractivity contribution in [2.24, 2.45) is 0 Å². The zero-order valence-electron chi connectivity index (χ0n) is 12.3. The Bertz CT molecular complexity index is 818. The lowest BCUT2D eigenvalue weighted by Gasteiger charge is -2.12. The number of nitro groups is 1. The molecule has 0 saturated carbocycles. The van der Waals surface area contributed by atoms with Crippen LogP contribution in [0.4, 0.5) is 11.4 Å². The summed E-state index contributed by atoms with van der Waals surface area (Å²) in [6.45, 7) is 0. The number of nitro benzene ring substituents is 1. The van der Waals surface area contributed by atoms with Crippen LogP contribution < -0.4 is 14.2 Å². The first-order valence-electron chi connectivity index (χ1n) is 6.37. The smallest absolute Gasteiger partial charge is 0.297 e. The Balaban J connectivity index is 2.46. The van der Waals surface area contributed by atoms with E-state index in [0.29, 0.717) is 5.75 Å². The van der Waals surface area contributed by atoms with Crippen molar-refractivity contribution in [2.45, 2.75) is 4.90 Å². The van der Waals surface area contributed by atoms with Crippen LogP contribution in [0.2, 0.25) is 0 Å². The van der Waals surface area contributed by atoms with Gasteiger partial charge in [0.1, 0.15) is 11.5 Å². The van der Waals surface area contributed by atoms with Crippen molar-refractivity contribution >= 4 is 21.4 Å². The van der Waals surface area contributed by atoms with E-state index in [1.807, 2.05) is 0 Å². The van der Waals surface area contributed by atoms with E-state index in [4.69, 9.17) is 9.47 Å². The van der Waals surface area contributed by atoms with Crippen LogP contribution in [0.25, 0.3) is 0 Å². The van der Waals surface area contributed by atoms with E-state index in [-0.39, 0.29) is 16.3 Å². The second-order valence-corrected chi connectivity index (χ2v) is 6.07. The number of rotatable bonds is 6. The number of sulfonamides is 1. The van der Waals surface area contributed by atoms with Crippen LogP contribution in [0.15, 0.2) is 47.4 Å². The van der Waals surface area contributed by atoms with E-state index in [0.717, 1.165) is 0 Å². The van der Waals surface area contributed by atoms with E-state index in [1.165, 1.54) is 56.7 Å². The van der Waals surface area contributed by atoms with Gasteiger partial charge >= 0.3 is 0 Å². The molecular weight excluding hydrogens is 324 g/mol. The normalized spacial score (nSPS) is 10.9. The van der Waals surface area contributed by atoms with Gasteiger partial charge in [0, 0.05) is 6.07 Å². The Morgan fingerprint density at radius 1 is 1.04 bits per heavy atom. The average Bonchev–Trinajstić information content (AvgIpc) is 2.54. The van der Waals surface area contributed by atoms with Gasteiger partial charge in [-0.25, -0.2) is 8.42 Å². The minimum absolute atomic E-state index is 0.0521. The molecule has 2 aromatic carbocycles. The molecule has 23 heavy (non-hydrogen) atoms.